The highest BCUT2D eigenvalue weighted by Gasteiger charge is 2.55. The lowest BCUT2D eigenvalue weighted by Crippen LogP contribution is -2.63. The summed E-state index contributed by atoms with van der Waals surface area (Å²) in [6.07, 6.45) is 0. The van der Waals surface area contributed by atoms with Gasteiger partial charge in [-0.25, -0.2) is 0 Å². The summed E-state index contributed by atoms with van der Waals surface area (Å²) in [5, 5.41) is 3.34. The molecule has 3 aliphatic heterocycles. The molecule has 0 radical (unpaired) electrons. The highest BCUT2D eigenvalue weighted by atomic mass is 16.4. The highest BCUT2D eigenvalue weighted by Crippen LogP contribution is 2.61. The van der Waals surface area contributed by atoms with Crippen molar-refractivity contribution in [3.05, 3.63) is 234 Å². The summed E-state index contributed by atoms with van der Waals surface area (Å²) in [5.41, 5.74) is 19.6. The Kier molecular flexibility index (Phi) is 7.65. The minimum atomic E-state index is -0.630. The average molecular weight is 847 g/mol. The van der Waals surface area contributed by atoms with Crippen molar-refractivity contribution >= 4 is 79.3 Å². The first-order valence-electron chi connectivity index (χ1n) is 23.0. The minimum absolute atomic E-state index is 0.0658. The predicted molar refractivity (Wildman–Crippen MR) is 273 cm³/mol. The van der Waals surface area contributed by atoms with E-state index in [9.17, 15) is 0 Å². The zero-order valence-corrected chi connectivity index (χ0v) is 36.9. The van der Waals surface area contributed by atoms with Gasteiger partial charge in [0.25, 0.3) is 0 Å². The molecule has 4 nitrogen and oxygen atoms in total. The number of benzene rings is 9. The van der Waals surface area contributed by atoms with Gasteiger partial charge in [-0.3, -0.25) is 4.90 Å². The standard InChI is InChI=1S/C61H43BN2O2/c1-60(2,3)41-34-35-48(45(36-41)38-20-7-4-8-21-38)63-50-37-53-54(42-26-13-17-32-51(42)65-53)55-44-28-19-30-47-58(44)64(62(57(50)55)56-43-27-14-18-33-52(43)66-59(56)63)49-31-16-15-29-46(49)61(47,39-22-9-5-10-23-39)40-24-11-6-12-25-40/h4-37H,1-3H3. The third-order valence-corrected chi connectivity index (χ3v) is 14.7. The molecule has 14 rings (SSSR count). The van der Waals surface area contributed by atoms with Crippen LogP contribution in [-0.4, -0.2) is 6.85 Å². The Hall–Kier alpha value is -8.02. The molecule has 0 saturated heterocycles. The van der Waals surface area contributed by atoms with E-state index in [1.54, 1.807) is 0 Å². The van der Waals surface area contributed by atoms with Crippen LogP contribution in [0.15, 0.2) is 215 Å². The molecule has 0 atom stereocenters. The van der Waals surface area contributed by atoms with Crippen molar-refractivity contribution in [2.24, 2.45) is 0 Å². The maximum atomic E-state index is 7.34. The maximum absolute atomic E-state index is 7.34. The van der Waals surface area contributed by atoms with Crippen LogP contribution in [0, 0.1) is 0 Å². The Morgan fingerprint density at radius 3 is 1.82 bits per heavy atom. The molecular weight excluding hydrogens is 803 g/mol. The van der Waals surface area contributed by atoms with Gasteiger partial charge in [-0.05, 0) is 80.2 Å². The van der Waals surface area contributed by atoms with Crippen molar-refractivity contribution in [2.45, 2.75) is 31.6 Å². The largest absolute Gasteiger partial charge is 0.456 e. The summed E-state index contributed by atoms with van der Waals surface area (Å²) in [6, 6.07) is 75.7. The highest BCUT2D eigenvalue weighted by molar-refractivity contribution is 6.95. The van der Waals surface area contributed by atoms with Gasteiger partial charge in [0.05, 0.1) is 16.8 Å². The molecule has 2 aromatic heterocycles. The number of para-hydroxylation sites is 4. The second-order valence-corrected chi connectivity index (χ2v) is 19.1. The van der Waals surface area contributed by atoms with Gasteiger partial charge in [-0.1, -0.05) is 191 Å². The molecule has 0 aliphatic carbocycles. The molecule has 0 N–H and O–H groups in total. The SMILES string of the molecule is CC(C)(C)c1ccc(N2c3cc4oc5ccccc5c4c4c3B(c3c2oc2ccccc32)N2c3ccccc3C(c3ccccc3)(c3ccccc3)c3cccc-4c32)c(-c2ccccc2)c1. The van der Waals surface area contributed by atoms with Crippen LogP contribution in [0.1, 0.15) is 48.6 Å². The number of nitrogens with zero attached hydrogens (tertiary/aromatic N) is 2. The summed E-state index contributed by atoms with van der Waals surface area (Å²) < 4.78 is 14.3. The van der Waals surface area contributed by atoms with Crippen LogP contribution in [-0.2, 0) is 10.8 Å². The Bertz CT molecular complexity index is 3730. The molecule has 0 saturated carbocycles. The fraction of sp³-hybridized carbons (Fsp3) is 0.0820. The molecule has 9 aromatic carbocycles. The summed E-state index contributed by atoms with van der Waals surface area (Å²) in [7, 11) is 0. The van der Waals surface area contributed by atoms with Crippen LogP contribution in [0.3, 0.4) is 0 Å². The molecule has 0 spiro atoms. The van der Waals surface area contributed by atoms with Crippen LogP contribution in [0.25, 0.3) is 55.2 Å². The van der Waals surface area contributed by atoms with E-state index in [2.05, 4.69) is 237 Å². The molecule has 0 amide bonds. The lowest BCUT2D eigenvalue weighted by Gasteiger charge is -2.52. The fourth-order valence-electron chi connectivity index (χ4n) is 11.9. The summed E-state index contributed by atoms with van der Waals surface area (Å²) >= 11 is 0. The van der Waals surface area contributed by atoms with E-state index in [0.717, 1.165) is 66.8 Å². The molecule has 11 aromatic rings. The van der Waals surface area contributed by atoms with Crippen LogP contribution < -0.4 is 20.6 Å². The first-order valence-corrected chi connectivity index (χ1v) is 23.0. The monoisotopic (exact) mass is 846 g/mol. The van der Waals surface area contributed by atoms with Crippen molar-refractivity contribution in [1.82, 2.24) is 0 Å². The van der Waals surface area contributed by atoms with E-state index in [4.69, 9.17) is 8.83 Å². The summed E-state index contributed by atoms with van der Waals surface area (Å²) in [5.74, 6) is 0.817. The van der Waals surface area contributed by atoms with Gasteiger partial charge in [-0.2, -0.15) is 0 Å². The van der Waals surface area contributed by atoms with Gasteiger partial charge in [-0.15, -0.1) is 0 Å². The molecule has 312 valence electrons. The number of furan rings is 2. The maximum Gasteiger partial charge on any atom is 0.337 e. The first kappa shape index (κ1) is 37.4. The number of hydrogen-bond donors (Lipinski definition) is 0. The fourth-order valence-corrected chi connectivity index (χ4v) is 11.9. The van der Waals surface area contributed by atoms with E-state index >= 15 is 0 Å². The molecule has 66 heavy (non-hydrogen) atoms. The Morgan fingerprint density at radius 2 is 1.09 bits per heavy atom. The van der Waals surface area contributed by atoms with Crippen molar-refractivity contribution in [3.63, 3.8) is 0 Å². The summed E-state index contributed by atoms with van der Waals surface area (Å²) in [6.45, 7) is 6.60. The molecule has 5 heterocycles. The zero-order chi connectivity index (χ0) is 43.9. The van der Waals surface area contributed by atoms with Gasteiger partial charge >= 0.3 is 6.85 Å². The van der Waals surface area contributed by atoms with Gasteiger partial charge in [0.15, 0.2) is 0 Å². The quantitative estimate of drug-likeness (QED) is 0.165. The van der Waals surface area contributed by atoms with Crippen molar-refractivity contribution < 1.29 is 8.83 Å². The number of fused-ring (bicyclic) bond motifs is 12. The Balaban J connectivity index is 1.19. The predicted octanol–water partition coefficient (Wildman–Crippen LogP) is 14.7. The molecule has 0 fully saturated rings. The molecule has 3 aliphatic rings. The topological polar surface area (TPSA) is 32.8 Å². The van der Waals surface area contributed by atoms with E-state index in [-0.39, 0.29) is 12.3 Å². The third kappa shape index (κ3) is 4.89. The Labute approximate surface area is 384 Å². The van der Waals surface area contributed by atoms with Crippen LogP contribution in [0.2, 0.25) is 0 Å². The van der Waals surface area contributed by atoms with Gasteiger partial charge < -0.3 is 13.6 Å². The van der Waals surface area contributed by atoms with Gasteiger partial charge in [0.1, 0.15) is 16.7 Å². The van der Waals surface area contributed by atoms with E-state index in [0.29, 0.717) is 0 Å². The second-order valence-electron chi connectivity index (χ2n) is 19.1. The molecule has 0 unspecified atom stereocenters. The normalized spacial score (nSPS) is 14.3. The van der Waals surface area contributed by atoms with Crippen molar-refractivity contribution in [3.8, 4) is 22.3 Å². The summed E-state index contributed by atoms with van der Waals surface area (Å²) in [4.78, 5) is 5.08. The van der Waals surface area contributed by atoms with E-state index in [1.807, 2.05) is 0 Å². The zero-order valence-electron chi connectivity index (χ0n) is 36.9. The van der Waals surface area contributed by atoms with Gasteiger partial charge in [0, 0.05) is 50.2 Å². The van der Waals surface area contributed by atoms with Crippen LogP contribution in [0.5, 0.6) is 0 Å². The van der Waals surface area contributed by atoms with Crippen molar-refractivity contribution in [1.29, 1.82) is 0 Å². The first-order chi connectivity index (χ1) is 32.4. The number of hydrogen-bond acceptors (Lipinski definition) is 4. The van der Waals surface area contributed by atoms with Crippen LogP contribution in [0.4, 0.5) is 28.6 Å². The van der Waals surface area contributed by atoms with Gasteiger partial charge in [0.2, 0.25) is 5.88 Å². The number of rotatable bonds is 4. The molecule has 5 heteroatoms. The lowest BCUT2D eigenvalue weighted by molar-refractivity contribution is 0.590. The van der Waals surface area contributed by atoms with Crippen LogP contribution >= 0.6 is 0 Å². The third-order valence-electron chi connectivity index (χ3n) is 14.7. The minimum Gasteiger partial charge on any atom is -0.456 e. The Morgan fingerprint density at radius 1 is 0.470 bits per heavy atom. The van der Waals surface area contributed by atoms with E-state index < -0.39 is 5.41 Å². The average Bonchev–Trinajstić information content (AvgIpc) is 3.94. The smallest absolute Gasteiger partial charge is 0.337 e. The van der Waals surface area contributed by atoms with E-state index in [1.165, 1.54) is 55.8 Å². The lowest BCUT2D eigenvalue weighted by atomic mass is 9.42. The molecular formula is C61H43BN2O2. The molecule has 0 bridgehead atoms. The van der Waals surface area contributed by atoms with Crippen molar-refractivity contribution in [2.75, 3.05) is 9.71 Å². The second kappa shape index (κ2) is 13.5. The number of anilines is 5.